The molecule has 1 saturated carbocycles. The van der Waals surface area contributed by atoms with Gasteiger partial charge in [-0.1, -0.05) is 41.4 Å². The molecule has 20 heavy (non-hydrogen) atoms. The highest BCUT2D eigenvalue weighted by molar-refractivity contribution is 6.30. The molecule has 3 heteroatoms. The van der Waals surface area contributed by atoms with Gasteiger partial charge >= 0.3 is 0 Å². The predicted molar refractivity (Wildman–Crippen MR) is 82.1 cm³/mol. The fourth-order valence-corrected chi connectivity index (χ4v) is 2.56. The van der Waals surface area contributed by atoms with E-state index in [-0.39, 0.29) is 11.8 Å². The third-order valence-electron chi connectivity index (χ3n) is 3.74. The number of hydrogen-bond donors (Lipinski definition) is 1. The highest BCUT2D eigenvalue weighted by Crippen LogP contribution is 2.48. The lowest BCUT2D eigenvalue weighted by molar-refractivity contribution is -0.117. The summed E-state index contributed by atoms with van der Waals surface area (Å²) in [6.07, 6.45) is 0.916. The number of anilines is 1. The summed E-state index contributed by atoms with van der Waals surface area (Å²) in [5.41, 5.74) is 3.24. The van der Waals surface area contributed by atoms with Crippen molar-refractivity contribution in [1.82, 2.24) is 0 Å². The first-order valence-electron chi connectivity index (χ1n) is 6.76. The lowest BCUT2D eigenvalue weighted by atomic mass is 10.1. The molecule has 1 aliphatic carbocycles. The molecule has 0 aliphatic heterocycles. The molecular weight excluding hydrogens is 270 g/mol. The van der Waals surface area contributed by atoms with Crippen LogP contribution in [0.15, 0.2) is 48.5 Å². The summed E-state index contributed by atoms with van der Waals surface area (Å²) in [6.45, 7) is 2.03. The van der Waals surface area contributed by atoms with Gasteiger partial charge in [-0.15, -0.1) is 0 Å². The number of benzene rings is 2. The topological polar surface area (TPSA) is 29.1 Å². The van der Waals surface area contributed by atoms with Crippen molar-refractivity contribution in [2.45, 2.75) is 19.3 Å². The van der Waals surface area contributed by atoms with E-state index in [4.69, 9.17) is 11.6 Å². The van der Waals surface area contributed by atoms with E-state index in [1.54, 1.807) is 0 Å². The van der Waals surface area contributed by atoms with Gasteiger partial charge in [0, 0.05) is 16.6 Å². The van der Waals surface area contributed by atoms with Gasteiger partial charge in [0.25, 0.3) is 0 Å². The van der Waals surface area contributed by atoms with Crippen LogP contribution in [0.4, 0.5) is 5.69 Å². The van der Waals surface area contributed by atoms with Crippen molar-refractivity contribution >= 4 is 23.2 Å². The smallest absolute Gasteiger partial charge is 0.228 e. The Labute approximate surface area is 123 Å². The Morgan fingerprint density at radius 1 is 1.10 bits per heavy atom. The fraction of sp³-hybridized carbons (Fsp3) is 0.235. The van der Waals surface area contributed by atoms with E-state index in [2.05, 4.69) is 5.32 Å². The van der Waals surface area contributed by atoms with E-state index in [9.17, 15) is 4.79 Å². The Morgan fingerprint density at radius 2 is 1.75 bits per heavy atom. The molecule has 2 nitrogen and oxygen atoms in total. The number of rotatable bonds is 3. The van der Waals surface area contributed by atoms with Gasteiger partial charge < -0.3 is 5.32 Å². The maximum Gasteiger partial charge on any atom is 0.228 e. The first-order valence-corrected chi connectivity index (χ1v) is 7.14. The van der Waals surface area contributed by atoms with Crippen molar-refractivity contribution in [1.29, 1.82) is 0 Å². The Kier molecular flexibility index (Phi) is 3.49. The minimum Gasteiger partial charge on any atom is -0.326 e. The van der Waals surface area contributed by atoms with E-state index in [0.29, 0.717) is 5.92 Å². The molecule has 2 aromatic rings. The van der Waals surface area contributed by atoms with Crippen molar-refractivity contribution in [2.24, 2.45) is 5.92 Å². The summed E-state index contributed by atoms with van der Waals surface area (Å²) < 4.78 is 0. The number of amides is 1. The number of carbonyl (C=O) groups is 1. The molecule has 1 N–H and O–H groups in total. The van der Waals surface area contributed by atoms with Crippen LogP contribution in [0.3, 0.4) is 0 Å². The van der Waals surface area contributed by atoms with Gasteiger partial charge in [-0.05, 0) is 49.1 Å². The van der Waals surface area contributed by atoms with Gasteiger partial charge in [0.2, 0.25) is 5.91 Å². The average molecular weight is 286 g/mol. The zero-order valence-corrected chi connectivity index (χ0v) is 12.0. The molecular formula is C17H16ClNO. The molecule has 102 valence electrons. The molecule has 0 saturated heterocycles. The second kappa shape index (κ2) is 5.29. The van der Waals surface area contributed by atoms with Crippen molar-refractivity contribution in [2.75, 3.05) is 5.32 Å². The number of carbonyl (C=O) groups excluding carboxylic acids is 1. The van der Waals surface area contributed by atoms with Crippen LogP contribution in [0.5, 0.6) is 0 Å². The van der Waals surface area contributed by atoms with Crippen LogP contribution in [-0.4, -0.2) is 5.91 Å². The van der Waals surface area contributed by atoms with E-state index in [0.717, 1.165) is 17.1 Å². The Balaban J connectivity index is 1.62. The van der Waals surface area contributed by atoms with E-state index in [1.807, 2.05) is 55.5 Å². The lowest BCUT2D eigenvalue weighted by Gasteiger charge is -2.05. The highest BCUT2D eigenvalue weighted by atomic mass is 35.5. The standard InChI is InChI=1S/C17H16ClNO/c1-11-2-8-14(9-3-11)19-17(20)16-10-15(16)12-4-6-13(18)7-5-12/h2-9,15-16H,10H2,1H3,(H,19,20). The molecule has 1 amide bonds. The van der Waals surface area contributed by atoms with E-state index >= 15 is 0 Å². The van der Waals surface area contributed by atoms with Crippen molar-refractivity contribution < 1.29 is 4.79 Å². The lowest BCUT2D eigenvalue weighted by Crippen LogP contribution is -2.14. The molecule has 2 atom stereocenters. The van der Waals surface area contributed by atoms with Crippen LogP contribution in [0.25, 0.3) is 0 Å². The van der Waals surface area contributed by atoms with Gasteiger partial charge in [0.05, 0.1) is 0 Å². The molecule has 0 heterocycles. The monoisotopic (exact) mass is 285 g/mol. The second-order valence-corrected chi connectivity index (χ2v) is 5.79. The van der Waals surface area contributed by atoms with Crippen LogP contribution < -0.4 is 5.32 Å². The van der Waals surface area contributed by atoms with Crippen LogP contribution >= 0.6 is 11.6 Å². The predicted octanol–water partition coefficient (Wildman–Crippen LogP) is 4.39. The number of aryl methyl sites for hydroxylation is 1. The summed E-state index contributed by atoms with van der Waals surface area (Å²) >= 11 is 5.88. The minimum absolute atomic E-state index is 0.0810. The molecule has 1 aliphatic rings. The summed E-state index contributed by atoms with van der Waals surface area (Å²) in [7, 11) is 0. The fourth-order valence-electron chi connectivity index (χ4n) is 2.43. The normalized spacial score (nSPS) is 20.5. The first-order chi connectivity index (χ1) is 9.63. The zero-order valence-electron chi connectivity index (χ0n) is 11.3. The first kappa shape index (κ1) is 13.2. The van der Waals surface area contributed by atoms with Crippen LogP contribution in [0.2, 0.25) is 5.02 Å². The van der Waals surface area contributed by atoms with E-state index in [1.165, 1.54) is 11.1 Å². The largest absolute Gasteiger partial charge is 0.326 e. The van der Waals surface area contributed by atoms with Crippen LogP contribution in [-0.2, 0) is 4.79 Å². The maximum absolute atomic E-state index is 12.2. The van der Waals surface area contributed by atoms with Crippen LogP contribution in [0.1, 0.15) is 23.5 Å². The maximum atomic E-state index is 12.2. The van der Waals surface area contributed by atoms with E-state index < -0.39 is 0 Å². The van der Waals surface area contributed by atoms with Crippen LogP contribution in [0, 0.1) is 12.8 Å². The zero-order chi connectivity index (χ0) is 14.1. The molecule has 0 aromatic heterocycles. The minimum atomic E-state index is 0.0810. The Bertz CT molecular complexity index is 618. The SMILES string of the molecule is Cc1ccc(NC(=O)C2CC2c2ccc(Cl)cc2)cc1. The van der Waals surface area contributed by atoms with Crippen molar-refractivity contribution in [3.8, 4) is 0 Å². The molecule has 0 spiro atoms. The molecule has 3 rings (SSSR count). The number of nitrogens with one attached hydrogen (secondary N) is 1. The molecule has 2 unspecified atom stereocenters. The third-order valence-corrected chi connectivity index (χ3v) is 4.00. The summed E-state index contributed by atoms with van der Waals surface area (Å²) in [5.74, 6) is 0.518. The Morgan fingerprint density at radius 3 is 2.40 bits per heavy atom. The van der Waals surface area contributed by atoms with Gasteiger partial charge in [-0.3, -0.25) is 4.79 Å². The molecule has 0 radical (unpaired) electrons. The van der Waals surface area contributed by atoms with Crippen molar-refractivity contribution in [3.05, 3.63) is 64.7 Å². The number of halogens is 1. The average Bonchev–Trinajstić information content (AvgIpc) is 3.23. The van der Waals surface area contributed by atoms with Gasteiger partial charge in [-0.25, -0.2) is 0 Å². The van der Waals surface area contributed by atoms with Gasteiger partial charge in [0.15, 0.2) is 0 Å². The molecule has 2 aromatic carbocycles. The summed E-state index contributed by atoms with van der Waals surface area (Å²) in [6, 6.07) is 15.6. The quantitative estimate of drug-likeness (QED) is 0.890. The molecule has 0 bridgehead atoms. The Hall–Kier alpha value is -1.80. The second-order valence-electron chi connectivity index (χ2n) is 5.36. The highest BCUT2D eigenvalue weighted by Gasteiger charge is 2.43. The van der Waals surface area contributed by atoms with Gasteiger partial charge in [0.1, 0.15) is 0 Å². The molecule has 1 fully saturated rings. The van der Waals surface area contributed by atoms with Gasteiger partial charge in [-0.2, -0.15) is 0 Å². The summed E-state index contributed by atoms with van der Waals surface area (Å²) in [5, 5.41) is 3.71. The summed E-state index contributed by atoms with van der Waals surface area (Å²) in [4.78, 5) is 12.2. The van der Waals surface area contributed by atoms with Crippen molar-refractivity contribution in [3.63, 3.8) is 0 Å². The third kappa shape index (κ3) is 2.86. The number of hydrogen-bond acceptors (Lipinski definition) is 1.